The predicted octanol–water partition coefficient (Wildman–Crippen LogP) is 2.99. The van der Waals surface area contributed by atoms with Gasteiger partial charge in [-0.2, -0.15) is 0 Å². The molecule has 2 rings (SSSR count). The zero-order valence-corrected chi connectivity index (χ0v) is 9.64. The Bertz CT molecular complexity index is 481. The number of H-pyrrole nitrogens is 1. The molecule has 0 fully saturated rings. The van der Waals surface area contributed by atoms with Crippen LogP contribution in [0, 0.1) is 5.82 Å². The molecule has 15 heavy (non-hydrogen) atoms. The van der Waals surface area contributed by atoms with E-state index in [1.165, 1.54) is 6.07 Å². The first-order chi connectivity index (χ1) is 7.22. The zero-order valence-electron chi connectivity index (χ0n) is 8.06. The highest BCUT2D eigenvalue weighted by molar-refractivity contribution is 9.10. The van der Waals surface area contributed by atoms with Crippen molar-refractivity contribution in [3.05, 3.63) is 34.2 Å². The van der Waals surface area contributed by atoms with Crippen molar-refractivity contribution in [2.24, 2.45) is 0 Å². The summed E-state index contributed by atoms with van der Waals surface area (Å²) in [5.74, 6) is -0.255. The number of aromatic amines is 1. The zero-order chi connectivity index (χ0) is 10.8. The number of aromatic nitrogens is 1. The van der Waals surface area contributed by atoms with Crippen LogP contribution in [0.2, 0.25) is 0 Å². The van der Waals surface area contributed by atoms with Crippen molar-refractivity contribution in [1.82, 2.24) is 4.98 Å². The van der Waals surface area contributed by atoms with Gasteiger partial charge in [-0.05, 0) is 30.5 Å². The van der Waals surface area contributed by atoms with Gasteiger partial charge in [-0.3, -0.25) is 0 Å². The lowest BCUT2D eigenvalue weighted by Crippen LogP contribution is -1.88. The summed E-state index contributed by atoms with van der Waals surface area (Å²) in [7, 11) is 0. The van der Waals surface area contributed by atoms with E-state index in [9.17, 15) is 4.39 Å². The Morgan fingerprint density at radius 3 is 2.93 bits per heavy atom. The first-order valence-electron chi connectivity index (χ1n) is 4.78. The van der Waals surface area contributed by atoms with Crippen molar-refractivity contribution in [3.63, 3.8) is 0 Å². The predicted molar refractivity (Wildman–Crippen MR) is 61.4 cm³/mol. The van der Waals surface area contributed by atoms with Gasteiger partial charge in [0, 0.05) is 22.7 Å². The number of hydrogen-bond donors (Lipinski definition) is 2. The minimum absolute atomic E-state index is 0.156. The second-order valence-corrected chi connectivity index (χ2v) is 4.37. The number of aliphatic hydroxyl groups is 1. The fourth-order valence-electron chi connectivity index (χ4n) is 1.69. The third kappa shape index (κ3) is 2.06. The maximum absolute atomic E-state index is 13.5. The number of rotatable bonds is 3. The summed E-state index contributed by atoms with van der Waals surface area (Å²) in [6.45, 7) is 0.156. The Morgan fingerprint density at radius 2 is 2.20 bits per heavy atom. The van der Waals surface area contributed by atoms with Crippen molar-refractivity contribution >= 4 is 26.8 Å². The first-order valence-corrected chi connectivity index (χ1v) is 5.57. The van der Waals surface area contributed by atoms with Crippen LogP contribution in [0.5, 0.6) is 0 Å². The summed E-state index contributed by atoms with van der Waals surface area (Å²) in [5.41, 5.74) is 1.57. The summed E-state index contributed by atoms with van der Waals surface area (Å²) >= 11 is 3.27. The molecule has 0 spiro atoms. The van der Waals surface area contributed by atoms with Crippen molar-refractivity contribution in [2.45, 2.75) is 12.8 Å². The Balaban J connectivity index is 2.49. The van der Waals surface area contributed by atoms with Gasteiger partial charge in [0.25, 0.3) is 0 Å². The maximum atomic E-state index is 13.5. The SMILES string of the molecule is OCCCc1c[nH]c2c(F)cc(Br)cc12. The van der Waals surface area contributed by atoms with Crippen molar-refractivity contribution in [3.8, 4) is 0 Å². The molecule has 80 valence electrons. The van der Waals surface area contributed by atoms with E-state index in [0.717, 1.165) is 21.8 Å². The van der Waals surface area contributed by atoms with Crippen LogP contribution in [0.25, 0.3) is 10.9 Å². The van der Waals surface area contributed by atoms with Crippen LogP contribution in [-0.2, 0) is 6.42 Å². The van der Waals surface area contributed by atoms with Crippen molar-refractivity contribution < 1.29 is 9.50 Å². The molecule has 0 aliphatic heterocycles. The molecular formula is C11H11BrFNO. The highest BCUT2D eigenvalue weighted by atomic mass is 79.9. The molecule has 0 radical (unpaired) electrons. The average Bonchev–Trinajstić information content (AvgIpc) is 2.58. The standard InChI is InChI=1S/C11H11BrFNO/c12-8-4-9-7(2-1-3-15)6-14-11(9)10(13)5-8/h4-6,14-15H,1-3H2. The van der Waals surface area contributed by atoms with E-state index in [1.807, 2.05) is 6.07 Å². The molecule has 2 nitrogen and oxygen atoms in total. The monoisotopic (exact) mass is 271 g/mol. The first kappa shape index (κ1) is 10.6. The Hall–Kier alpha value is -0.870. The van der Waals surface area contributed by atoms with Gasteiger partial charge in [-0.15, -0.1) is 0 Å². The lowest BCUT2D eigenvalue weighted by Gasteiger charge is -1.99. The van der Waals surface area contributed by atoms with E-state index in [-0.39, 0.29) is 12.4 Å². The summed E-state index contributed by atoms with van der Waals surface area (Å²) in [5, 5.41) is 9.64. The van der Waals surface area contributed by atoms with Crippen LogP contribution in [0.1, 0.15) is 12.0 Å². The van der Waals surface area contributed by atoms with Gasteiger partial charge < -0.3 is 10.1 Å². The van der Waals surface area contributed by atoms with E-state index in [1.54, 1.807) is 6.20 Å². The number of halogens is 2. The molecule has 2 aromatic rings. The molecule has 0 saturated carbocycles. The second-order valence-electron chi connectivity index (χ2n) is 3.45. The van der Waals surface area contributed by atoms with Crippen LogP contribution >= 0.6 is 15.9 Å². The van der Waals surface area contributed by atoms with Crippen molar-refractivity contribution in [1.29, 1.82) is 0 Å². The number of fused-ring (bicyclic) bond motifs is 1. The lowest BCUT2D eigenvalue weighted by molar-refractivity contribution is 0.289. The third-order valence-electron chi connectivity index (χ3n) is 2.40. The molecular weight excluding hydrogens is 261 g/mol. The summed E-state index contributed by atoms with van der Waals surface area (Å²) in [4.78, 5) is 2.92. The highest BCUT2D eigenvalue weighted by Gasteiger charge is 2.08. The molecule has 0 unspecified atom stereocenters. The molecule has 4 heteroatoms. The number of aryl methyl sites for hydroxylation is 1. The van der Waals surface area contributed by atoms with Gasteiger partial charge in [0.1, 0.15) is 5.82 Å². The van der Waals surface area contributed by atoms with Crippen LogP contribution in [-0.4, -0.2) is 16.7 Å². The fraction of sp³-hybridized carbons (Fsp3) is 0.273. The minimum atomic E-state index is -0.255. The summed E-state index contributed by atoms with van der Waals surface area (Å²) < 4.78 is 14.2. The highest BCUT2D eigenvalue weighted by Crippen LogP contribution is 2.26. The van der Waals surface area contributed by atoms with Gasteiger partial charge in [-0.25, -0.2) is 4.39 Å². The Kier molecular flexibility index (Phi) is 3.07. The van der Waals surface area contributed by atoms with E-state index in [2.05, 4.69) is 20.9 Å². The van der Waals surface area contributed by atoms with Crippen LogP contribution in [0.15, 0.2) is 22.8 Å². The molecule has 1 heterocycles. The number of nitrogens with one attached hydrogen (secondary N) is 1. The second kappa shape index (κ2) is 4.33. The molecule has 0 aliphatic rings. The molecule has 1 aromatic heterocycles. The smallest absolute Gasteiger partial charge is 0.148 e. The number of benzene rings is 1. The normalized spacial score (nSPS) is 11.1. The molecule has 0 saturated heterocycles. The summed E-state index contributed by atoms with van der Waals surface area (Å²) in [6.07, 6.45) is 3.25. The fourth-order valence-corrected chi connectivity index (χ4v) is 2.12. The van der Waals surface area contributed by atoms with Gasteiger partial charge in [0.2, 0.25) is 0 Å². The van der Waals surface area contributed by atoms with Crippen LogP contribution in [0.3, 0.4) is 0 Å². The topological polar surface area (TPSA) is 36.0 Å². The molecule has 0 aliphatic carbocycles. The minimum Gasteiger partial charge on any atom is -0.396 e. The Morgan fingerprint density at radius 1 is 1.40 bits per heavy atom. The maximum Gasteiger partial charge on any atom is 0.148 e. The average molecular weight is 272 g/mol. The van der Waals surface area contributed by atoms with E-state index in [0.29, 0.717) is 11.9 Å². The Labute approximate surface area is 95.2 Å². The lowest BCUT2D eigenvalue weighted by atomic mass is 10.1. The molecule has 1 aromatic carbocycles. The summed E-state index contributed by atoms with van der Waals surface area (Å²) in [6, 6.07) is 3.33. The molecule has 0 atom stereocenters. The quantitative estimate of drug-likeness (QED) is 0.885. The van der Waals surface area contributed by atoms with Crippen LogP contribution in [0.4, 0.5) is 4.39 Å². The van der Waals surface area contributed by atoms with E-state index in [4.69, 9.17) is 5.11 Å². The van der Waals surface area contributed by atoms with Gasteiger partial charge in [0.15, 0.2) is 0 Å². The molecule has 2 N–H and O–H groups in total. The molecule has 0 bridgehead atoms. The number of aliphatic hydroxyl groups excluding tert-OH is 1. The number of hydrogen-bond acceptors (Lipinski definition) is 1. The van der Waals surface area contributed by atoms with E-state index >= 15 is 0 Å². The van der Waals surface area contributed by atoms with Gasteiger partial charge in [0.05, 0.1) is 5.52 Å². The van der Waals surface area contributed by atoms with Crippen LogP contribution < -0.4 is 0 Å². The van der Waals surface area contributed by atoms with Gasteiger partial charge >= 0.3 is 0 Å². The largest absolute Gasteiger partial charge is 0.396 e. The van der Waals surface area contributed by atoms with Gasteiger partial charge in [-0.1, -0.05) is 15.9 Å². The molecule has 0 amide bonds. The van der Waals surface area contributed by atoms with Crippen molar-refractivity contribution in [2.75, 3.05) is 6.61 Å². The van der Waals surface area contributed by atoms with E-state index < -0.39 is 0 Å². The third-order valence-corrected chi connectivity index (χ3v) is 2.85.